The zero-order valence-corrected chi connectivity index (χ0v) is 13.2. The van der Waals surface area contributed by atoms with E-state index in [0.29, 0.717) is 6.10 Å². The van der Waals surface area contributed by atoms with Crippen molar-refractivity contribution in [3.63, 3.8) is 0 Å². The van der Waals surface area contributed by atoms with E-state index in [0.717, 1.165) is 32.6 Å². The molecule has 0 bridgehead atoms. The zero-order chi connectivity index (χ0) is 14.7. The molecule has 3 aliphatic rings. The lowest BCUT2D eigenvalue weighted by Gasteiger charge is -2.37. The molecule has 3 fully saturated rings. The van der Waals surface area contributed by atoms with Crippen LogP contribution in [0.2, 0.25) is 0 Å². The molecule has 120 valence electrons. The number of ether oxygens (including phenoxy) is 1. The Morgan fingerprint density at radius 3 is 2.90 bits per heavy atom. The van der Waals surface area contributed by atoms with Crippen molar-refractivity contribution in [3.05, 3.63) is 0 Å². The highest BCUT2D eigenvalue weighted by Crippen LogP contribution is 2.42. The average Bonchev–Trinajstić information content (AvgIpc) is 2.90. The smallest absolute Gasteiger partial charge is 0.238 e. The largest absolute Gasteiger partial charge is 0.370 e. The molecule has 2 saturated heterocycles. The minimum absolute atomic E-state index is 0.0461. The Morgan fingerprint density at radius 2 is 2.14 bits per heavy atom. The number of nitrogens with zero attached hydrogens (tertiary/aromatic N) is 1. The first kappa shape index (κ1) is 15.3. The Morgan fingerprint density at radius 1 is 1.33 bits per heavy atom. The van der Waals surface area contributed by atoms with Crippen molar-refractivity contribution in [1.29, 1.82) is 0 Å². The molecule has 0 aromatic rings. The molecular formula is C16H29N3O2. The number of rotatable bonds is 3. The quantitative estimate of drug-likeness (QED) is 0.812. The molecule has 0 aromatic carbocycles. The highest BCUT2D eigenvalue weighted by molar-refractivity contribution is 5.81. The van der Waals surface area contributed by atoms with Crippen molar-refractivity contribution in [3.8, 4) is 0 Å². The Labute approximate surface area is 127 Å². The van der Waals surface area contributed by atoms with Gasteiger partial charge in [0.15, 0.2) is 0 Å². The van der Waals surface area contributed by atoms with Crippen LogP contribution in [0.1, 0.15) is 44.9 Å². The number of amides is 1. The molecule has 2 aliphatic heterocycles. The lowest BCUT2D eigenvalue weighted by molar-refractivity contribution is -0.128. The number of hydrogen-bond donors (Lipinski definition) is 2. The van der Waals surface area contributed by atoms with Crippen LogP contribution >= 0.6 is 0 Å². The van der Waals surface area contributed by atoms with Gasteiger partial charge >= 0.3 is 0 Å². The minimum Gasteiger partial charge on any atom is -0.370 e. The van der Waals surface area contributed by atoms with E-state index < -0.39 is 0 Å². The highest BCUT2D eigenvalue weighted by atomic mass is 16.5. The molecule has 0 radical (unpaired) electrons. The van der Waals surface area contributed by atoms with E-state index in [-0.39, 0.29) is 17.6 Å². The van der Waals surface area contributed by atoms with E-state index in [9.17, 15) is 4.79 Å². The first-order chi connectivity index (χ1) is 10.2. The van der Waals surface area contributed by atoms with Crippen LogP contribution in [0.15, 0.2) is 0 Å². The predicted molar refractivity (Wildman–Crippen MR) is 82.2 cm³/mol. The van der Waals surface area contributed by atoms with Gasteiger partial charge in [0.25, 0.3) is 0 Å². The van der Waals surface area contributed by atoms with Crippen molar-refractivity contribution in [1.82, 2.24) is 15.5 Å². The topological polar surface area (TPSA) is 53.6 Å². The molecule has 1 spiro atoms. The second kappa shape index (κ2) is 6.63. The van der Waals surface area contributed by atoms with Gasteiger partial charge in [-0.1, -0.05) is 19.3 Å². The van der Waals surface area contributed by atoms with E-state index >= 15 is 0 Å². The lowest BCUT2D eigenvalue weighted by Crippen LogP contribution is -2.58. The molecule has 1 saturated carbocycles. The molecule has 3 rings (SSSR count). The fraction of sp³-hybridized carbons (Fsp3) is 0.938. The van der Waals surface area contributed by atoms with Crippen molar-refractivity contribution >= 4 is 5.91 Å². The van der Waals surface area contributed by atoms with E-state index in [1.54, 1.807) is 7.05 Å². The van der Waals surface area contributed by atoms with Crippen LogP contribution < -0.4 is 10.6 Å². The van der Waals surface area contributed by atoms with Gasteiger partial charge in [-0.05, 0) is 25.7 Å². The molecule has 1 amide bonds. The standard InChI is InChI=1S/C16H29N3O2/c1-17-15(20)14-11-18-9-10-19(14)12-13-5-8-16(21-13)6-3-2-4-7-16/h13-14,18H,2-12H2,1H3,(H,17,20). The minimum atomic E-state index is -0.0461. The number of carbonyl (C=O) groups is 1. The Hall–Kier alpha value is -0.650. The summed E-state index contributed by atoms with van der Waals surface area (Å²) >= 11 is 0. The normalized spacial score (nSPS) is 33.2. The van der Waals surface area contributed by atoms with Gasteiger partial charge in [-0.15, -0.1) is 0 Å². The van der Waals surface area contributed by atoms with Crippen LogP contribution in [-0.2, 0) is 9.53 Å². The van der Waals surface area contributed by atoms with E-state index in [1.165, 1.54) is 38.5 Å². The summed E-state index contributed by atoms with van der Waals surface area (Å²) in [6.07, 6.45) is 9.18. The highest BCUT2D eigenvalue weighted by Gasteiger charge is 2.42. The van der Waals surface area contributed by atoms with Crippen LogP contribution in [0.25, 0.3) is 0 Å². The summed E-state index contributed by atoms with van der Waals surface area (Å²) in [6, 6.07) is -0.0461. The molecule has 2 atom stereocenters. The van der Waals surface area contributed by atoms with Crippen LogP contribution in [-0.4, -0.2) is 61.8 Å². The molecule has 5 heteroatoms. The van der Waals surface area contributed by atoms with Crippen LogP contribution in [0.4, 0.5) is 0 Å². The molecule has 2 N–H and O–H groups in total. The summed E-state index contributed by atoms with van der Waals surface area (Å²) in [4.78, 5) is 14.3. The third kappa shape index (κ3) is 3.41. The summed E-state index contributed by atoms with van der Waals surface area (Å²) in [5.41, 5.74) is 0.180. The number of carbonyl (C=O) groups excluding carboxylic acids is 1. The second-order valence-electron chi connectivity index (χ2n) is 6.85. The molecule has 21 heavy (non-hydrogen) atoms. The number of nitrogens with one attached hydrogen (secondary N) is 2. The molecule has 5 nitrogen and oxygen atoms in total. The molecule has 0 aromatic heterocycles. The number of hydrogen-bond acceptors (Lipinski definition) is 4. The van der Waals surface area contributed by atoms with Gasteiger partial charge in [0.1, 0.15) is 6.04 Å². The van der Waals surface area contributed by atoms with Crippen molar-refractivity contribution < 1.29 is 9.53 Å². The third-order valence-electron chi connectivity index (χ3n) is 5.44. The molecule has 2 heterocycles. The number of piperazine rings is 1. The van der Waals surface area contributed by atoms with Gasteiger partial charge in [-0.2, -0.15) is 0 Å². The maximum Gasteiger partial charge on any atom is 0.238 e. The van der Waals surface area contributed by atoms with E-state index in [4.69, 9.17) is 4.74 Å². The maximum atomic E-state index is 12.0. The summed E-state index contributed by atoms with van der Waals surface area (Å²) in [7, 11) is 1.72. The Balaban J connectivity index is 1.56. The van der Waals surface area contributed by atoms with Gasteiger partial charge in [0.05, 0.1) is 11.7 Å². The monoisotopic (exact) mass is 295 g/mol. The van der Waals surface area contributed by atoms with Gasteiger partial charge < -0.3 is 15.4 Å². The lowest BCUT2D eigenvalue weighted by atomic mass is 9.83. The predicted octanol–water partition coefficient (Wildman–Crippen LogP) is 0.888. The van der Waals surface area contributed by atoms with Crippen molar-refractivity contribution in [2.45, 2.75) is 62.7 Å². The summed E-state index contributed by atoms with van der Waals surface area (Å²) in [5.74, 6) is 0.118. The first-order valence-electron chi connectivity index (χ1n) is 8.57. The van der Waals surface area contributed by atoms with Gasteiger partial charge in [0.2, 0.25) is 5.91 Å². The maximum absolute atomic E-state index is 12.0. The zero-order valence-electron chi connectivity index (χ0n) is 13.2. The van der Waals surface area contributed by atoms with Crippen LogP contribution in [0, 0.1) is 0 Å². The van der Waals surface area contributed by atoms with Crippen LogP contribution in [0.3, 0.4) is 0 Å². The summed E-state index contributed by atoms with van der Waals surface area (Å²) < 4.78 is 6.46. The number of likely N-dealkylation sites (N-methyl/N-ethyl adjacent to an activating group) is 1. The third-order valence-corrected chi connectivity index (χ3v) is 5.44. The molecular weight excluding hydrogens is 266 g/mol. The van der Waals surface area contributed by atoms with Gasteiger partial charge in [-0.3, -0.25) is 9.69 Å². The van der Waals surface area contributed by atoms with Gasteiger partial charge in [-0.25, -0.2) is 0 Å². The van der Waals surface area contributed by atoms with E-state index in [1.807, 2.05) is 0 Å². The first-order valence-corrected chi connectivity index (χ1v) is 8.57. The molecule has 2 unspecified atom stereocenters. The van der Waals surface area contributed by atoms with Crippen LogP contribution in [0.5, 0.6) is 0 Å². The SMILES string of the molecule is CNC(=O)C1CNCCN1CC1CCC2(CCCCC2)O1. The Kier molecular flexibility index (Phi) is 4.82. The second-order valence-corrected chi connectivity index (χ2v) is 6.85. The molecule has 1 aliphatic carbocycles. The fourth-order valence-electron chi connectivity index (χ4n) is 4.24. The van der Waals surface area contributed by atoms with Crippen molar-refractivity contribution in [2.24, 2.45) is 0 Å². The van der Waals surface area contributed by atoms with Gasteiger partial charge in [0, 0.05) is 33.2 Å². The Bertz CT molecular complexity index is 369. The summed E-state index contributed by atoms with van der Waals surface area (Å²) in [5, 5.41) is 6.10. The summed E-state index contributed by atoms with van der Waals surface area (Å²) in [6.45, 7) is 3.55. The van der Waals surface area contributed by atoms with E-state index in [2.05, 4.69) is 15.5 Å². The van der Waals surface area contributed by atoms with Crippen molar-refractivity contribution in [2.75, 3.05) is 33.2 Å². The fourth-order valence-corrected chi connectivity index (χ4v) is 4.24. The average molecular weight is 295 g/mol.